The summed E-state index contributed by atoms with van der Waals surface area (Å²) in [6, 6.07) is 20.9. The van der Waals surface area contributed by atoms with Crippen molar-refractivity contribution in [2.24, 2.45) is 0 Å². The third kappa shape index (κ3) is 3.69. The Hall–Kier alpha value is -1.64. The molecule has 0 saturated carbocycles. The molecule has 0 atom stereocenters. The van der Waals surface area contributed by atoms with Crippen molar-refractivity contribution in [3.8, 4) is 0 Å². The van der Waals surface area contributed by atoms with Crippen LogP contribution in [0.4, 0.5) is 0 Å². The molecule has 2 heteroatoms. The normalized spacial score (nSPS) is 12.2. The van der Waals surface area contributed by atoms with E-state index in [4.69, 9.17) is 4.43 Å². The van der Waals surface area contributed by atoms with E-state index in [1.165, 1.54) is 16.3 Å². The Balaban J connectivity index is 2.28. The standard InChI is InChI=1S/C16H18OSi/c1-2-17-18-16(15-11-7-4-8-12-15)13-14-9-5-3-6-10-14/h3-13H,2,18H2,1H3. The predicted molar refractivity (Wildman–Crippen MR) is 80.9 cm³/mol. The largest absolute Gasteiger partial charge is 0.419 e. The number of hydrogen-bond acceptors (Lipinski definition) is 1. The van der Waals surface area contributed by atoms with Crippen LogP contribution in [0.1, 0.15) is 18.1 Å². The molecular formula is C16H18OSi. The van der Waals surface area contributed by atoms with Crippen molar-refractivity contribution in [2.45, 2.75) is 6.92 Å². The highest BCUT2D eigenvalue weighted by Crippen LogP contribution is 2.17. The molecule has 0 aliphatic carbocycles. The van der Waals surface area contributed by atoms with Gasteiger partial charge in [-0.25, -0.2) is 0 Å². The summed E-state index contributed by atoms with van der Waals surface area (Å²) in [6.07, 6.45) is 2.25. The molecule has 0 aliphatic rings. The van der Waals surface area contributed by atoms with Gasteiger partial charge in [-0.3, -0.25) is 0 Å². The van der Waals surface area contributed by atoms with E-state index >= 15 is 0 Å². The van der Waals surface area contributed by atoms with E-state index in [1.807, 2.05) is 12.1 Å². The van der Waals surface area contributed by atoms with Gasteiger partial charge in [-0.15, -0.1) is 0 Å². The maximum absolute atomic E-state index is 5.69. The van der Waals surface area contributed by atoms with Crippen LogP contribution in [-0.2, 0) is 4.43 Å². The molecule has 2 rings (SSSR count). The van der Waals surface area contributed by atoms with Crippen molar-refractivity contribution in [1.82, 2.24) is 0 Å². The second-order valence-corrected chi connectivity index (χ2v) is 5.54. The van der Waals surface area contributed by atoms with Crippen LogP contribution in [0.5, 0.6) is 0 Å². The summed E-state index contributed by atoms with van der Waals surface area (Å²) in [5, 5.41) is 1.35. The predicted octanol–water partition coefficient (Wildman–Crippen LogP) is 3.31. The molecule has 0 bridgehead atoms. The highest BCUT2D eigenvalue weighted by Gasteiger charge is 2.02. The minimum atomic E-state index is -0.656. The summed E-state index contributed by atoms with van der Waals surface area (Å²) >= 11 is 0. The van der Waals surface area contributed by atoms with E-state index in [9.17, 15) is 0 Å². The lowest BCUT2D eigenvalue weighted by atomic mass is 10.1. The van der Waals surface area contributed by atoms with Crippen molar-refractivity contribution in [3.63, 3.8) is 0 Å². The fraction of sp³-hybridized carbons (Fsp3) is 0.125. The summed E-state index contributed by atoms with van der Waals surface area (Å²) < 4.78 is 5.69. The first-order chi connectivity index (χ1) is 8.90. The smallest absolute Gasteiger partial charge is 0.192 e. The van der Waals surface area contributed by atoms with Gasteiger partial charge in [0.15, 0.2) is 9.76 Å². The Bertz CT molecular complexity index is 491. The van der Waals surface area contributed by atoms with E-state index in [2.05, 4.69) is 61.5 Å². The van der Waals surface area contributed by atoms with Gasteiger partial charge in [0.2, 0.25) is 0 Å². The Morgan fingerprint density at radius 3 is 2.22 bits per heavy atom. The van der Waals surface area contributed by atoms with E-state index in [1.54, 1.807) is 0 Å². The van der Waals surface area contributed by atoms with Crippen molar-refractivity contribution in [3.05, 3.63) is 71.8 Å². The van der Waals surface area contributed by atoms with Gasteiger partial charge in [0.1, 0.15) is 0 Å². The Kier molecular flexibility index (Phi) is 4.94. The molecule has 0 aliphatic heterocycles. The number of hydrogen-bond donors (Lipinski definition) is 0. The average molecular weight is 254 g/mol. The van der Waals surface area contributed by atoms with Crippen LogP contribution >= 0.6 is 0 Å². The van der Waals surface area contributed by atoms with E-state index in [0.29, 0.717) is 0 Å². The van der Waals surface area contributed by atoms with Crippen LogP contribution in [0.3, 0.4) is 0 Å². The topological polar surface area (TPSA) is 9.23 Å². The first-order valence-electron chi connectivity index (χ1n) is 6.29. The third-order valence-corrected chi connectivity index (χ3v) is 4.28. The summed E-state index contributed by atoms with van der Waals surface area (Å²) in [6.45, 7) is 2.85. The minimum Gasteiger partial charge on any atom is -0.419 e. The maximum Gasteiger partial charge on any atom is 0.192 e. The van der Waals surface area contributed by atoms with Gasteiger partial charge in [-0.1, -0.05) is 66.7 Å². The van der Waals surface area contributed by atoms with Gasteiger partial charge >= 0.3 is 0 Å². The van der Waals surface area contributed by atoms with Gasteiger partial charge in [0, 0.05) is 6.61 Å². The van der Waals surface area contributed by atoms with Gasteiger partial charge in [0.05, 0.1) is 0 Å². The lowest BCUT2D eigenvalue weighted by Gasteiger charge is -2.07. The molecule has 2 aromatic rings. The van der Waals surface area contributed by atoms with Crippen LogP contribution in [0, 0.1) is 0 Å². The first kappa shape index (κ1) is 12.8. The van der Waals surface area contributed by atoms with Crippen LogP contribution < -0.4 is 0 Å². The van der Waals surface area contributed by atoms with Crippen LogP contribution in [0.15, 0.2) is 60.7 Å². The van der Waals surface area contributed by atoms with Crippen molar-refractivity contribution < 1.29 is 4.43 Å². The SMILES string of the molecule is CCO[SiH2]C(=Cc1ccccc1)c1ccccc1. The van der Waals surface area contributed by atoms with Crippen molar-refractivity contribution >= 4 is 21.0 Å². The fourth-order valence-corrected chi connectivity index (χ4v) is 2.97. The molecule has 0 saturated heterocycles. The van der Waals surface area contributed by atoms with Crippen LogP contribution in [0.25, 0.3) is 11.3 Å². The number of benzene rings is 2. The molecule has 0 amide bonds. The third-order valence-electron chi connectivity index (χ3n) is 2.75. The van der Waals surface area contributed by atoms with Gasteiger partial charge in [-0.2, -0.15) is 0 Å². The Morgan fingerprint density at radius 2 is 1.61 bits per heavy atom. The van der Waals surface area contributed by atoms with Gasteiger partial charge in [-0.05, 0) is 23.2 Å². The molecule has 0 spiro atoms. The van der Waals surface area contributed by atoms with Crippen molar-refractivity contribution in [1.29, 1.82) is 0 Å². The summed E-state index contributed by atoms with van der Waals surface area (Å²) in [5.74, 6) is 0. The molecule has 0 N–H and O–H groups in total. The molecule has 18 heavy (non-hydrogen) atoms. The minimum absolute atomic E-state index is 0.656. The Morgan fingerprint density at radius 1 is 1.00 bits per heavy atom. The maximum atomic E-state index is 5.69. The molecule has 1 nitrogen and oxygen atoms in total. The lowest BCUT2D eigenvalue weighted by Crippen LogP contribution is -2.02. The fourth-order valence-electron chi connectivity index (χ4n) is 1.82. The van der Waals surface area contributed by atoms with Crippen LogP contribution in [-0.4, -0.2) is 16.4 Å². The molecule has 0 unspecified atom stereocenters. The van der Waals surface area contributed by atoms with Crippen LogP contribution in [0.2, 0.25) is 0 Å². The van der Waals surface area contributed by atoms with Gasteiger partial charge < -0.3 is 4.43 Å². The zero-order chi connectivity index (χ0) is 12.6. The molecule has 92 valence electrons. The summed E-state index contributed by atoms with van der Waals surface area (Å²) in [7, 11) is -0.656. The van der Waals surface area contributed by atoms with Crippen molar-refractivity contribution in [2.75, 3.05) is 6.61 Å². The Labute approximate surface area is 111 Å². The van der Waals surface area contributed by atoms with E-state index in [0.717, 1.165) is 6.61 Å². The zero-order valence-corrected chi connectivity index (χ0v) is 12.1. The molecular weight excluding hydrogens is 236 g/mol. The zero-order valence-electron chi connectivity index (χ0n) is 10.7. The molecule has 0 heterocycles. The highest BCUT2D eigenvalue weighted by atomic mass is 28.2. The van der Waals surface area contributed by atoms with E-state index in [-0.39, 0.29) is 0 Å². The van der Waals surface area contributed by atoms with Gasteiger partial charge in [0.25, 0.3) is 0 Å². The highest BCUT2D eigenvalue weighted by molar-refractivity contribution is 6.57. The summed E-state index contributed by atoms with van der Waals surface area (Å²) in [5.41, 5.74) is 2.52. The molecule has 2 aromatic carbocycles. The lowest BCUT2D eigenvalue weighted by molar-refractivity contribution is 0.368. The van der Waals surface area contributed by atoms with E-state index < -0.39 is 9.76 Å². The monoisotopic (exact) mass is 254 g/mol. The molecule has 0 radical (unpaired) electrons. The second-order valence-electron chi connectivity index (χ2n) is 4.08. The quantitative estimate of drug-likeness (QED) is 0.587. The summed E-state index contributed by atoms with van der Waals surface area (Å²) in [4.78, 5) is 0. The average Bonchev–Trinajstić information content (AvgIpc) is 2.45. The molecule has 0 fully saturated rings. The molecule has 0 aromatic heterocycles. The second kappa shape index (κ2) is 6.94. The first-order valence-corrected chi connectivity index (χ1v) is 7.57. The number of rotatable bonds is 5.